The minimum Gasteiger partial charge on any atom is -0.373 e. The van der Waals surface area contributed by atoms with Crippen LogP contribution in [0.1, 0.15) is 32.3 Å². The second kappa shape index (κ2) is 4.84. The van der Waals surface area contributed by atoms with Crippen molar-refractivity contribution >= 4 is 0 Å². The topological polar surface area (TPSA) is 9.23 Å². The molecule has 16 heavy (non-hydrogen) atoms. The first-order chi connectivity index (χ1) is 7.68. The predicted molar refractivity (Wildman–Crippen MR) is 67.5 cm³/mol. The summed E-state index contributed by atoms with van der Waals surface area (Å²) in [6, 6.07) is 10.6. The van der Waals surface area contributed by atoms with Gasteiger partial charge in [-0.2, -0.15) is 0 Å². The van der Waals surface area contributed by atoms with Gasteiger partial charge in [0.05, 0.1) is 12.7 Å². The Morgan fingerprint density at radius 3 is 2.56 bits per heavy atom. The molecule has 1 aliphatic heterocycles. The highest BCUT2D eigenvalue weighted by Gasteiger charge is 2.27. The lowest BCUT2D eigenvalue weighted by Crippen LogP contribution is -2.30. The molecule has 2 rings (SSSR count). The zero-order valence-corrected chi connectivity index (χ0v) is 10.3. The highest BCUT2D eigenvalue weighted by atomic mass is 16.5. The summed E-state index contributed by atoms with van der Waals surface area (Å²) in [4.78, 5) is 0. The second-order valence-electron chi connectivity index (χ2n) is 4.85. The van der Waals surface area contributed by atoms with Crippen LogP contribution in [0.5, 0.6) is 0 Å². The van der Waals surface area contributed by atoms with Crippen molar-refractivity contribution in [3.63, 3.8) is 0 Å². The van der Waals surface area contributed by atoms with Gasteiger partial charge in [-0.15, -0.1) is 0 Å². The Morgan fingerprint density at radius 1 is 1.25 bits per heavy atom. The van der Waals surface area contributed by atoms with Gasteiger partial charge in [0.15, 0.2) is 0 Å². The van der Waals surface area contributed by atoms with Gasteiger partial charge in [-0.3, -0.25) is 0 Å². The van der Waals surface area contributed by atoms with Gasteiger partial charge in [0, 0.05) is 11.8 Å². The Labute approximate surface area is 98.1 Å². The lowest BCUT2D eigenvalue weighted by atomic mass is 9.86. The molecule has 3 atom stereocenters. The number of hydrogen-bond acceptors (Lipinski definition) is 1. The van der Waals surface area contributed by atoms with Gasteiger partial charge >= 0.3 is 0 Å². The van der Waals surface area contributed by atoms with E-state index >= 15 is 0 Å². The van der Waals surface area contributed by atoms with Crippen LogP contribution in [0, 0.1) is 5.92 Å². The smallest absolute Gasteiger partial charge is 0.0705 e. The third-order valence-electron chi connectivity index (χ3n) is 3.39. The van der Waals surface area contributed by atoms with Crippen LogP contribution in [0.15, 0.2) is 42.0 Å². The van der Waals surface area contributed by atoms with Crippen molar-refractivity contribution in [1.29, 1.82) is 0 Å². The van der Waals surface area contributed by atoms with Crippen LogP contribution in [0.4, 0.5) is 0 Å². The number of rotatable bonds is 2. The van der Waals surface area contributed by atoms with E-state index < -0.39 is 0 Å². The third kappa shape index (κ3) is 2.35. The molecule has 1 heteroatoms. The van der Waals surface area contributed by atoms with Crippen LogP contribution in [0.3, 0.4) is 0 Å². The summed E-state index contributed by atoms with van der Waals surface area (Å²) in [5, 5.41) is 0. The van der Waals surface area contributed by atoms with E-state index in [2.05, 4.69) is 57.2 Å². The largest absolute Gasteiger partial charge is 0.373 e. The van der Waals surface area contributed by atoms with Crippen LogP contribution in [0.25, 0.3) is 0 Å². The van der Waals surface area contributed by atoms with Gasteiger partial charge < -0.3 is 4.74 Å². The molecule has 0 radical (unpaired) electrons. The molecule has 1 aromatic carbocycles. The summed E-state index contributed by atoms with van der Waals surface area (Å²) in [6.07, 6.45) is 2.65. The predicted octanol–water partition coefficient (Wildman–Crippen LogP) is 3.77. The minimum atomic E-state index is 0.311. The molecule has 0 bridgehead atoms. The first kappa shape index (κ1) is 11.4. The molecule has 0 aromatic heterocycles. The maximum Gasteiger partial charge on any atom is 0.0705 e. The summed E-state index contributed by atoms with van der Waals surface area (Å²) in [5.41, 5.74) is 2.72. The van der Waals surface area contributed by atoms with Crippen LogP contribution in [-0.2, 0) is 4.74 Å². The van der Waals surface area contributed by atoms with E-state index in [-0.39, 0.29) is 0 Å². The average Bonchev–Trinajstić information content (AvgIpc) is 2.29. The van der Waals surface area contributed by atoms with Gasteiger partial charge in [-0.1, -0.05) is 55.8 Å². The fourth-order valence-electron chi connectivity index (χ4n) is 2.52. The zero-order chi connectivity index (χ0) is 11.5. The Bertz CT molecular complexity index is 366. The molecular weight excluding hydrogens is 196 g/mol. The number of benzene rings is 1. The molecule has 1 aromatic rings. The molecule has 0 spiro atoms. The summed E-state index contributed by atoms with van der Waals surface area (Å²) in [7, 11) is 0. The second-order valence-corrected chi connectivity index (χ2v) is 4.85. The van der Waals surface area contributed by atoms with Gasteiger partial charge in [0.2, 0.25) is 0 Å². The summed E-state index contributed by atoms with van der Waals surface area (Å²) >= 11 is 0. The van der Waals surface area contributed by atoms with E-state index in [0.29, 0.717) is 17.9 Å². The molecule has 0 saturated heterocycles. The van der Waals surface area contributed by atoms with Gasteiger partial charge in [-0.25, -0.2) is 0 Å². The molecule has 0 amide bonds. The van der Waals surface area contributed by atoms with Crippen molar-refractivity contribution in [3.05, 3.63) is 47.5 Å². The molecule has 0 aliphatic carbocycles. The van der Waals surface area contributed by atoms with E-state index in [0.717, 1.165) is 6.61 Å². The average molecular weight is 216 g/mol. The summed E-state index contributed by atoms with van der Waals surface area (Å²) in [5.74, 6) is 0.963. The third-order valence-corrected chi connectivity index (χ3v) is 3.39. The first-order valence-corrected chi connectivity index (χ1v) is 6.02. The summed E-state index contributed by atoms with van der Waals surface area (Å²) in [6.45, 7) is 7.42. The molecule has 0 fully saturated rings. The van der Waals surface area contributed by atoms with Crippen molar-refractivity contribution in [2.45, 2.75) is 32.8 Å². The molecule has 1 heterocycles. The standard InChI is InChI=1S/C15H20O/c1-11-9-12(2)15(16-10-11)13(3)14-7-5-4-6-8-14/h4-9,12-13,15H,10H2,1-3H3/t12-,13-,15+/m0/s1. The first-order valence-electron chi connectivity index (χ1n) is 6.02. The van der Waals surface area contributed by atoms with Crippen molar-refractivity contribution < 1.29 is 4.74 Å². The maximum atomic E-state index is 5.95. The zero-order valence-electron chi connectivity index (χ0n) is 10.3. The highest BCUT2D eigenvalue weighted by molar-refractivity contribution is 5.21. The van der Waals surface area contributed by atoms with E-state index in [4.69, 9.17) is 4.74 Å². The van der Waals surface area contributed by atoms with Gasteiger partial charge in [0.25, 0.3) is 0 Å². The van der Waals surface area contributed by atoms with Crippen molar-refractivity contribution in [3.8, 4) is 0 Å². The van der Waals surface area contributed by atoms with Crippen LogP contribution in [0.2, 0.25) is 0 Å². The molecule has 0 N–H and O–H groups in total. The lowest BCUT2D eigenvalue weighted by molar-refractivity contribution is 0.0171. The Hall–Kier alpha value is -1.08. The normalized spacial score (nSPS) is 27.3. The molecule has 1 nitrogen and oxygen atoms in total. The number of ether oxygens (including phenoxy) is 1. The van der Waals surface area contributed by atoms with E-state index in [1.807, 2.05) is 0 Å². The van der Waals surface area contributed by atoms with Crippen LogP contribution >= 0.6 is 0 Å². The van der Waals surface area contributed by atoms with Crippen molar-refractivity contribution in [1.82, 2.24) is 0 Å². The lowest BCUT2D eigenvalue weighted by Gasteiger charge is -2.32. The molecule has 86 valence electrons. The monoisotopic (exact) mass is 216 g/mol. The SMILES string of the molecule is CC1=C[C@H](C)[C@H]([C@@H](C)c2ccccc2)OC1. The fraction of sp³-hybridized carbons (Fsp3) is 0.467. The van der Waals surface area contributed by atoms with Gasteiger partial charge in [0.1, 0.15) is 0 Å². The fourth-order valence-corrected chi connectivity index (χ4v) is 2.52. The Kier molecular flexibility index (Phi) is 3.45. The highest BCUT2D eigenvalue weighted by Crippen LogP contribution is 2.30. The molecule has 1 aliphatic rings. The Morgan fingerprint density at radius 2 is 1.94 bits per heavy atom. The molecule has 0 unspecified atom stereocenters. The van der Waals surface area contributed by atoms with Crippen molar-refractivity contribution in [2.75, 3.05) is 6.61 Å². The van der Waals surface area contributed by atoms with Crippen LogP contribution < -0.4 is 0 Å². The van der Waals surface area contributed by atoms with E-state index in [9.17, 15) is 0 Å². The number of hydrogen-bond donors (Lipinski definition) is 0. The minimum absolute atomic E-state index is 0.311. The Balaban J connectivity index is 2.14. The van der Waals surface area contributed by atoms with Gasteiger partial charge in [-0.05, 0) is 12.5 Å². The molecular formula is C15H20O. The van der Waals surface area contributed by atoms with Crippen molar-refractivity contribution in [2.24, 2.45) is 5.92 Å². The summed E-state index contributed by atoms with van der Waals surface area (Å²) < 4.78 is 5.95. The quantitative estimate of drug-likeness (QED) is 0.684. The van der Waals surface area contributed by atoms with E-state index in [1.54, 1.807) is 0 Å². The van der Waals surface area contributed by atoms with Crippen LogP contribution in [-0.4, -0.2) is 12.7 Å². The van der Waals surface area contributed by atoms with E-state index in [1.165, 1.54) is 11.1 Å². The maximum absolute atomic E-state index is 5.95. The molecule has 0 saturated carbocycles.